The minimum Gasteiger partial charge on any atom is -0.481 e. The van der Waals surface area contributed by atoms with Gasteiger partial charge in [0.2, 0.25) is 0 Å². The number of aliphatic hydroxyl groups is 2. The first kappa shape index (κ1) is 20.6. The molecule has 1 aromatic carbocycles. The van der Waals surface area contributed by atoms with Crippen LogP contribution in [0.25, 0.3) is 0 Å². The first-order valence-corrected chi connectivity index (χ1v) is 8.75. The molecule has 0 aromatic heterocycles. The molecule has 0 radical (unpaired) electrons. The minimum atomic E-state index is -0.833. The predicted molar refractivity (Wildman–Crippen MR) is 94.6 cm³/mol. The average Bonchev–Trinajstić information content (AvgIpc) is 2.59. The third-order valence-corrected chi connectivity index (χ3v) is 4.62. The van der Waals surface area contributed by atoms with Crippen LogP contribution < -0.4 is 5.73 Å². The van der Waals surface area contributed by atoms with Gasteiger partial charge in [-0.15, -0.1) is 0 Å². The Morgan fingerprint density at radius 1 is 1.21 bits per heavy atom. The summed E-state index contributed by atoms with van der Waals surface area (Å²) in [6.07, 6.45) is 5.80. The number of rotatable bonds is 6. The molecule has 0 bridgehead atoms. The fraction of sp³-hybridized carbons (Fsp3) is 0.632. The van der Waals surface area contributed by atoms with E-state index in [1.165, 1.54) is 5.56 Å². The van der Waals surface area contributed by atoms with Gasteiger partial charge in [0.15, 0.2) is 0 Å². The molecular weight excluding hydrogens is 306 g/mol. The van der Waals surface area contributed by atoms with Gasteiger partial charge in [0, 0.05) is 13.5 Å². The Kier molecular flexibility index (Phi) is 9.60. The normalized spacial score (nSPS) is 21.5. The van der Waals surface area contributed by atoms with Gasteiger partial charge in [-0.2, -0.15) is 0 Å². The van der Waals surface area contributed by atoms with E-state index in [4.69, 9.17) is 20.7 Å². The zero-order valence-corrected chi connectivity index (χ0v) is 14.5. The molecule has 1 aliphatic carbocycles. The van der Waals surface area contributed by atoms with Crippen LogP contribution in [-0.2, 0) is 11.2 Å². The lowest BCUT2D eigenvalue weighted by molar-refractivity contribution is -0.134. The Labute approximate surface area is 144 Å². The lowest BCUT2D eigenvalue weighted by atomic mass is 9.78. The van der Waals surface area contributed by atoms with Crippen molar-refractivity contribution in [3.05, 3.63) is 35.4 Å². The number of aliphatic hydroxyl groups excluding tert-OH is 2. The molecule has 24 heavy (non-hydrogen) atoms. The lowest BCUT2D eigenvalue weighted by Gasteiger charge is -2.31. The van der Waals surface area contributed by atoms with Crippen LogP contribution >= 0.6 is 0 Å². The highest BCUT2D eigenvalue weighted by Crippen LogP contribution is 2.36. The van der Waals surface area contributed by atoms with E-state index < -0.39 is 5.97 Å². The van der Waals surface area contributed by atoms with Crippen LogP contribution in [0, 0.1) is 11.8 Å². The van der Waals surface area contributed by atoms with Crippen molar-refractivity contribution in [1.82, 2.24) is 0 Å². The van der Waals surface area contributed by atoms with Crippen molar-refractivity contribution in [2.45, 2.75) is 51.6 Å². The van der Waals surface area contributed by atoms with Crippen LogP contribution in [0.4, 0.5) is 0 Å². The summed E-state index contributed by atoms with van der Waals surface area (Å²) in [4.78, 5) is 9.00. The molecule has 1 aliphatic rings. The van der Waals surface area contributed by atoms with Crippen molar-refractivity contribution in [3.8, 4) is 0 Å². The molecule has 0 saturated heterocycles. The maximum Gasteiger partial charge on any atom is 0.300 e. The van der Waals surface area contributed by atoms with Gasteiger partial charge in [0.05, 0.1) is 6.10 Å². The molecule has 5 N–H and O–H groups in total. The summed E-state index contributed by atoms with van der Waals surface area (Å²) in [6.45, 7) is 2.09. The predicted octanol–water partition coefficient (Wildman–Crippen LogP) is 2.50. The molecule has 2 rings (SSSR count). The second-order valence-electron chi connectivity index (χ2n) is 6.55. The Morgan fingerprint density at radius 2 is 1.75 bits per heavy atom. The number of nitrogens with two attached hydrogens (primary N) is 1. The number of aryl methyl sites for hydroxylation is 1. The fourth-order valence-corrected chi connectivity index (χ4v) is 3.18. The van der Waals surface area contributed by atoms with Gasteiger partial charge in [-0.3, -0.25) is 4.79 Å². The van der Waals surface area contributed by atoms with Crippen LogP contribution in [0.2, 0.25) is 0 Å². The molecule has 1 atom stereocenters. The van der Waals surface area contributed by atoms with Crippen molar-refractivity contribution in [2.24, 2.45) is 17.6 Å². The SMILES string of the molecule is CC(=O)O.NCC1CCC(C(O)c2ccc(CCCO)cc2)CC1. The highest BCUT2D eigenvalue weighted by molar-refractivity contribution is 5.62. The largest absolute Gasteiger partial charge is 0.481 e. The molecule has 1 fully saturated rings. The van der Waals surface area contributed by atoms with E-state index in [1.54, 1.807) is 0 Å². The monoisotopic (exact) mass is 337 g/mol. The summed E-state index contributed by atoms with van der Waals surface area (Å²) >= 11 is 0. The fourth-order valence-electron chi connectivity index (χ4n) is 3.18. The summed E-state index contributed by atoms with van der Waals surface area (Å²) in [7, 11) is 0. The van der Waals surface area contributed by atoms with E-state index in [2.05, 4.69) is 12.1 Å². The van der Waals surface area contributed by atoms with Gasteiger partial charge in [-0.25, -0.2) is 0 Å². The summed E-state index contributed by atoms with van der Waals surface area (Å²) in [5, 5.41) is 26.8. The Balaban J connectivity index is 0.000000648. The minimum absolute atomic E-state index is 0.231. The van der Waals surface area contributed by atoms with Crippen molar-refractivity contribution < 1.29 is 20.1 Å². The van der Waals surface area contributed by atoms with Gasteiger partial charge in [0.1, 0.15) is 0 Å². The van der Waals surface area contributed by atoms with Crippen LogP contribution in [0.15, 0.2) is 24.3 Å². The molecule has 0 heterocycles. The lowest BCUT2D eigenvalue weighted by Crippen LogP contribution is -2.24. The number of carboxylic acid groups (broad SMARTS) is 1. The topological polar surface area (TPSA) is 104 Å². The van der Waals surface area contributed by atoms with E-state index in [0.717, 1.165) is 57.6 Å². The quantitative estimate of drug-likeness (QED) is 0.638. The standard InChI is InChI=1S/C17H27NO2.C2H4O2/c18-12-14-5-9-16(10-6-14)17(20)15-7-3-13(4-8-15)2-1-11-19;1-2(3)4/h3-4,7-8,14,16-17,19-20H,1-2,5-6,9-12,18H2;1H3,(H,3,4). The van der Waals surface area contributed by atoms with Crippen molar-refractivity contribution in [3.63, 3.8) is 0 Å². The van der Waals surface area contributed by atoms with Crippen molar-refractivity contribution >= 4 is 5.97 Å². The number of aliphatic carboxylic acids is 1. The molecule has 5 nitrogen and oxygen atoms in total. The van der Waals surface area contributed by atoms with Gasteiger partial charge < -0.3 is 21.1 Å². The average molecular weight is 337 g/mol. The van der Waals surface area contributed by atoms with E-state index in [0.29, 0.717) is 11.8 Å². The zero-order chi connectivity index (χ0) is 17.9. The zero-order valence-electron chi connectivity index (χ0n) is 14.5. The van der Waals surface area contributed by atoms with Gasteiger partial charge in [0.25, 0.3) is 5.97 Å². The second kappa shape index (κ2) is 11.2. The molecule has 0 aliphatic heterocycles. The van der Waals surface area contributed by atoms with Crippen LogP contribution in [0.3, 0.4) is 0 Å². The van der Waals surface area contributed by atoms with E-state index in [-0.39, 0.29) is 12.7 Å². The van der Waals surface area contributed by atoms with Gasteiger partial charge >= 0.3 is 0 Å². The third-order valence-electron chi connectivity index (χ3n) is 4.62. The number of carbonyl (C=O) groups is 1. The van der Waals surface area contributed by atoms with Crippen LogP contribution in [0.5, 0.6) is 0 Å². The van der Waals surface area contributed by atoms with Gasteiger partial charge in [-0.05, 0) is 68.0 Å². The molecule has 5 heteroatoms. The molecule has 1 saturated carbocycles. The van der Waals surface area contributed by atoms with Crippen LogP contribution in [0.1, 0.15) is 56.3 Å². The smallest absolute Gasteiger partial charge is 0.300 e. The van der Waals surface area contributed by atoms with Gasteiger partial charge in [-0.1, -0.05) is 24.3 Å². The molecular formula is C19H31NO4. The number of hydrogen-bond donors (Lipinski definition) is 4. The summed E-state index contributed by atoms with van der Waals surface area (Å²) in [6, 6.07) is 8.21. The first-order valence-electron chi connectivity index (χ1n) is 8.75. The first-order chi connectivity index (χ1) is 11.5. The maximum atomic E-state index is 10.5. The molecule has 0 spiro atoms. The Bertz CT molecular complexity index is 463. The molecule has 136 valence electrons. The summed E-state index contributed by atoms with van der Waals surface area (Å²) in [5.41, 5.74) is 7.96. The molecule has 1 unspecified atom stereocenters. The maximum absolute atomic E-state index is 10.5. The van der Waals surface area contributed by atoms with E-state index in [9.17, 15) is 5.11 Å². The van der Waals surface area contributed by atoms with Crippen LogP contribution in [-0.4, -0.2) is 34.4 Å². The highest BCUT2D eigenvalue weighted by Gasteiger charge is 2.26. The molecule has 1 aromatic rings. The van der Waals surface area contributed by atoms with E-state index >= 15 is 0 Å². The third kappa shape index (κ3) is 7.43. The Morgan fingerprint density at radius 3 is 2.21 bits per heavy atom. The number of hydrogen-bond acceptors (Lipinski definition) is 4. The highest BCUT2D eigenvalue weighted by atomic mass is 16.4. The number of benzene rings is 1. The second-order valence-corrected chi connectivity index (χ2v) is 6.55. The van der Waals surface area contributed by atoms with E-state index in [1.807, 2.05) is 12.1 Å². The molecule has 0 amide bonds. The van der Waals surface area contributed by atoms with Crippen molar-refractivity contribution in [1.29, 1.82) is 0 Å². The Hall–Kier alpha value is -1.43. The van der Waals surface area contributed by atoms with Crippen molar-refractivity contribution in [2.75, 3.05) is 13.2 Å². The summed E-state index contributed by atoms with van der Waals surface area (Å²) in [5.74, 6) is 0.195. The summed E-state index contributed by atoms with van der Waals surface area (Å²) < 4.78 is 0. The number of carboxylic acids is 1.